The Balaban J connectivity index is 1.69. The molecule has 168 valence electrons. The van der Waals surface area contributed by atoms with Crippen molar-refractivity contribution in [2.75, 3.05) is 0 Å². The van der Waals surface area contributed by atoms with Crippen LogP contribution in [0.4, 0.5) is 4.39 Å². The minimum absolute atomic E-state index is 0.0349. The molecule has 0 saturated heterocycles. The van der Waals surface area contributed by atoms with Crippen molar-refractivity contribution in [1.82, 2.24) is 19.3 Å². The van der Waals surface area contributed by atoms with E-state index in [-0.39, 0.29) is 46.3 Å². The van der Waals surface area contributed by atoms with E-state index in [1.54, 1.807) is 41.1 Å². The number of nitrogens with one attached hydrogen (secondary N) is 2. The van der Waals surface area contributed by atoms with Gasteiger partial charge in [-0.3, -0.25) is 19.4 Å². The third-order valence-electron chi connectivity index (χ3n) is 6.26. The van der Waals surface area contributed by atoms with Crippen LogP contribution in [0, 0.1) is 11.2 Å². The predicted octanol–water partition coefficient (Wildman–Crippen LogP) is 3.38. The van der Waals surface area contributed by atoms with Crippen molar-refractivity contribution in [2.45, 2.75) is 44.7 Å². The highest BCUT2D eigenvalue weighted by atomic mass is 19.1. The van der Waals surface area contributed by atoms with Gasteiger partial charge in [-0.1, -0.05) is 37.5 Å². The number of carbonyl (C=O) groups is 1. The molecule has 5 rings (SSSR count). The summed E-state index contributed by atoms with van der Waals surface area (Å²) in [6.45, 7) is 0.176. The quantitative estimate of drug-likeness (QED) is 0.472. The maximum atomic E-state index is 13.4. The maximum absolute atomic E-state index is 13.4. The van der Waals surface area contributed by atoms with Crippen molar-refractivity contribution < 1.29 is 9.18 Å². The van der Waals surface area contributed by atoms with E-state index in [2.05, 4.69) is 10.3 Å². The molecule has 4 aromatic rings. The Kier molecular flexibility index (Phi) is 5.50. The fourth-order valence-corrected chi connectivity index (χ4v) is 4.50. The number of aromatic nitrogens is 3. The lowest BCUT2D eigenvalue weighted by molar-refractivity contribution is 0.0925. The summed E-state index contributed by atoms with van der Waals surface area (Å²) in [7, 11) is 0. The standard InChI is InChI=1S/C25H24FN5O2/c26-17-11-9-16(10-12-17)15-31-22(27)19(24(32)28-18-6-2-1-3-7-18)14-20-23(31)29-21-8-4-5-13-30(21)25(20)33/h4-5,8-14,18,27H,1-3,6-7,15H2,(H,28,32). The average molecular weight is 445 g/mol. The Morgan fingerprint density at radius 2 is 1.88 bits per heavy atom. The number of nitrogens with zero attached hydrogens (tertiary/aromatic N) is 3. The van der Waals surface area contributed by atoms with Crippen molar-refractivity contribution in [3.63, 3.8) is 0 Å². The number of halogens is 1. The number of hydrogen-bond donors (Lipinski definition) is 2. The van der Waals surface area contributed by atoms with E-state index in [9.17, 15) is 14.0 Å². The summed E-state index contributed by atoms with van der Waals surface area (Å²) < 4.78 is 16.4. The number of hydrogen-bond acceptors (Lipinski definition) is 4. The summed E-state index contributed by atoms with van der Waals surface area (Å²) in [6.07, 6.45) is 6.76. The van der Waals surface area contributed by atoms with Gasteiger partial charge >= 0.3 is 0 Å². The van der Waals surface area contributed by atoms with Gasteiger partial charge in [-0.25, -0.2) is 9.37 Å². The fraction of sp³-hybridized carbons (Fsp3) is 0.280. The predicted molar refractivity (Wildman–Crippen MR) is 123 cm³/mol. The molecule has 7 nitrogen and oxygen atoms in total. The van der Waals surface area contributed by atoms with Crippen LogP contribution in [-0.4, -0.2) is 25.9 Å². The molecule has 1 amide bonds. The summed E-state index contributed by atoms with van der Waals surface area (Å²) in [5.74, 6) is -0.720. The number of fused-ring (bicyclic) bond motifs is 2. The molecule has 1 aromatic carbocycles. The largest absolute Gasteiger partial charge is 0.349 e. The number of amides is 1. The smallest absolute Gasteiger partial charge is 0.267 e. The zero-order chi connectivity index (χ0) is 22.9. The van der Waals surface area contributed by atoms with E-state index in [1.165, 1.54) is 29.0 Å². The first kappa shape index (κ1) is 21.1. The molecule has 33 heavy (non-hydrogen) atoms. The van der Waals surface area contributed by atoms with Gasteiger partial charge in [-0.2, -0.15) is 0 Å². The first-order valence-electron chi connectivity index (χ1n) is 11.2. The first-order valence-corrected chi connectivity index (χ1v) is 11.2. The van der Waals surface area contributed by atoms with E-state index in [1.807, 2.05) is 0 Å². The van der Waals surface area contributed by atoms with E-state index < -0.39 is 0 Å². The van der Waals surface area contributed by atoms with Gasteiger partial charge in [0.1, 0.15) is 22.6 Å². The molecule has 0 radical (unpaired) electrons. The highest BCUT2D eigenvalue weighted by Gasteiger charge is 2.21. The Morgan fingerprint density at radius 3 is 2.64 bits per heavy atom. The summed E-state index contributed by atoms with van der Waals surface area (Å²) in [6, 6.07) is 12.7. The van der Waals surface area contributed by atoms with Gasteiger partial charge in [0.25, 0.3) is 11.5 Å². The molecule has 0 bridgehead atoms. The molecule has 2 N–H and O–H groups in total. The van der Waals surface area contributed by atoms with Gasteiger partial charge < -0.3 is 9.88 Å². The first-order chi connectivity index (χ1) is 16.0. The summed E-state index contributed by atoms with van der Waals surface area (Å²) >= 11 is 0. The van der Waals surface area contributed by atoms with E-state index in [0.717, 1.165) is 31.2 Å². The van der Waals surface area contributed by atoms with Crippen LogP contribution in [0.25, 0.3) is 16.7 Å². The zero-order valence-electron chi connectivity index (χ0n) is 18.1. The number of pyridine rings is 2. The third kappa shape index (κ3) is 4.04. The lowest BCUT2D eigenvalue weighted by Crippen LogP contribution is -2.40. The summed E-state index contributed by atoms with van der Waals surface area (Å²) in [5.41, 5.74) is 1.28. The SMILES string of the molecule is N=c1c(C(=O)NC2CCCCC2)cc2c(=O)n3ccccc3nc2n1Cc1ccc(F)cc1. The second kappa shape index (κ2) is 8.61. The molecule has 0 spiro atoms. The van der Waals surface area contributed by atoms with Crippen LogP contribution in [0.3, 0.4) is 0 Å². The highest BCUT2D eigenvalue weighted by molar-refractivity contribution is 5.97. The molecule has 0 unspecified atom stereocenters. The molecule has 1 aliphatic rings. The van der Waals surface area contributed by atoms with Crippen LogP contribution in [-0.2, 0) is 6.54 Å². The zero-order valence-corrected chi connectivity index (χ0v) is 18.1. The molecule has 1 fully saturated rings. The molecule has 0 atom stereocenters. The normalized spacial score (nSPS) is 14.6. The second-order valence-electron chi connectivity index (χ2n) is 8.51. The maximum Gasteiger partial charge on any atom is 0.267 e. The second-order valence-corrected chi connectivity index (χ2v) is 8.51. The summed E-state index contributed by atoms with van der Waals surface area (Å²) in [5, 5.41) is 12.1. The fourth-order valence-electron chi connectivity index (χ4n) is 4.50. The number of rotatable bonds is 4. The van der Waals surface area contributed by atoms with Gasteiger partial charge in [0, 0.05) is 12.2 Å². The topological polar surface area (TPSA) is 92.2 Å². The van der Waals surface area contributed by atoms with Gasteiger partial charge in [0.15, 0.2) is 0 Å². The van der Waals surface area contributed by atoms with E-state index >= 15 is 0 Å². The van der Waals surface area contributed by atoms with Gasteiger partial charge in [-0.15, -0.1) is 0 Å². The molecule has 3 heterocycles. The van der Waals surface area contributed by atoms with Gasteiger partial charge in [0.05, 0.1) is 17.5 Å². The van der Waals surface area contributed by atoms with Crippen molar-refractivity contribution in [1.29, 1.82) is 5.41 Å². The number of carbonyl (C=O) groups excluding carboxylic acids is 1. The lowest BCUT2D eigenvalue weighted by atomic mass is 9.95. The molecular weight excluding hydrogens is 421 g/mol. The van der Waals surface area contributed by atoms with Crippen LogP contribution in [0.2, 0.25) is 0 Å². The van der Waals surface area contributed by atoms with Crippen LogP contribution in [0.1, 0.15) is 48.0 Å². The van der Waals surface area contributed by atoms with Gasteiger partial charge in [-0.05, 0) is 48.7 Å². The van der Waals surface area contributed by atoms with Gasteiger partial charge in [0.2, 0.25) is 0 Å². The van der Waals surface area contributed by atoms with Crippen LogP contribution >= 0.6 is 0 Å². The van der Waals surface area contributed by atoms with E-state index in [0.29, 0.717) is 11.3 Å². The van der Waals surface area contributed by atoms with Crippen molar-refractivity contribution in [3.8, 4) is 0 Å². The minimum atomic E-state index is -0.362. The van der Waals surface area contributed by atoms with Crippen LogP contribution in [0.5, 0.6) is 0 Å². The summed E-state index contributed by atoms with van der Waals surface area (Å²) in [4.78, 5) is 31.1. The number of benzene rings is 1. The highest BCUT2D eigenvalue weighted by Crippen LogP contribution is 2.18. The van der Waals surface area contributed by atoms with Crippen molar-refractivity contribution in [3.05, 3.63) is 87.5 Å². The van der Waals surface area contributed by atoms with E-state index in [4.69, 9.17) is 5.41 Å². The molecule has 3 aromatic heterocycles. The Hall–Kier alpha value is -3.81. The molecule has 0 aliphatic heterocycles. The molecule has 1 aliphatic carbocycles. The van der Waals surface area contributed by atoms with Crippen LogP contribution < -0.4 is 16.4 Å². The average Bonchev–Trinajstić information content (AvgIpc) is 2.83. The van der Waals surface area contributed by atoms with Crippen molar-refractivity contribution >= 4 is 22.6 Å². The lowest BCUT2D eigenvalue weighted by Gasteiger charge is -2.23. The third-order valence-corrected chi connectivity index (χ3v) is 6.26. The Labute approximate surface area is 189 Å². The molecule has 8 heteroatoms. The Morgan fingerprint density at radius 1 is 1.12 bits per heavy atom. The monoisotopic (exact) mass is 445 g/mol. The molecule has 1 saturated carbocycles. The minimum Gasteiger partial charge on any atom is -0.349 e. The molecular formula is C25H24FN5O2. The Bertz CT molecular complexity index is 1470. The van der Waals surface area contributed by atoms with Crippen LogP contribution in [0.15, 0.2) is 59.5 Å². The van der Waals surface area contributed by atoms with Crippen molar-refractivity contribution in [2.24, 2.45) is 0 Å².